The number of para-hydroxylation sites is 1. The normalized spacial score (nSPS) is 11.2. The fourth-order valence-electron chi connectivity index (χ4n) is 1.13. The average molecular weight is 238 g/mol. The molecule has 86 valence electrons. The maximum Gasteiger partial charge on any atom is 0.331 e. The van der Waals surface area contributed by atoms with Crippen molar-refractivity contribution in [2.24, 2.45) is 0 Å². The van der Waals surface area contributed by atoms with Crippen LogP contribution < -0.4 is 4.74 Å². The minimum atomic E-state index is -0.882. The van der Waals surface area contributed by atoms with Gasteiger partial charge >= 0.3 is 5.97 Å². The van der Waals surface area contributed by atoms with E-state index < -0.39 is 5.97 Å². The molecule has 0 aliphatic heterocycles. The van der Waals surface area contributed by atoms with E-state index in [1.807, 2.05) is 24.3 Å². The van der Waals surface area contributed by atoms with E-state index in [0.29, 0.717) is 11.3 Å². The first-order valence-electron chi connectivity index (χ1n) is 4.78. The van der Waals surface area contributed by atoms with Gasteiger partial charge in [0.05, 0.1) is 7.11 Å². The number of thioether (sulfide) groups is 1. The number of aliphatic carboxylic acids is 1. The van der Waals surface area contributed by atoms with Crippen LogP contribution >= 0.6 is 11.8 Å². The molecule has 0 atom stereocenters. The average Bonchev–Trinajstić information content (AvgIpc) is 2.29. The fourth-order valence-corrected chi connectivity index (χ4v) is 1.98. The van der Waals surface area contributed by atoms with Crippen LogP contribution in [-0.2, 0) is 10.5 Å². The summed E-state index contributed by atoms with van der Waals surface area (Å²) in [6.07, 6.45) is 0. The van der Waals surface area contributed by atoms with Gasteiger partial charge in [-0.3, -0.25) is 0 Å². The minimum absolute atomic E-state index is 0.347. The molecule has 0 aliphatic rings. The highest BCUT2D eigenvalue weighted by molar-refractivity contribution is 8.01. The van der Waals surface area contributed by atoms with Gasteiger partial charge in [0.1, 0.15) is 5.75 Å². The number of hydrogen-bond acceptors (Lipinski definition) is 3. The van der Waals surface area contributed by atoms with Gasteiger partial charge in [0.15, 0.2) is 0 Å². The Morgan fingerprint density at radius 3 is 2.81 bits per heavy atom. The van der Waals surface area contributed by atoms with E-state index in [1.165, 1.54) is 11.8 Å². The standard InChI is InChI=1S/C12H14O3S/c1-9(12(13)14)7-16-8-10-5-3-4-6-11(10)15-2/h3-7H,8H2,1-2H3,(H,13,14)/b9-7+. The number of carbonyl (C=O) groups is 1. The van der Waals surface area contributed by atoms with Crippen LogP contribution in [0, 0.1) is 0 Å². The van der Waals surface area contributed by atoms with E-state index in [9.17, 15) is 4.79 Å². The number of methoxy groups -OCH3 is 1. The van der Waals surface area contributed by atoms with Gasteiger partial charge in [-0.05, 0) is 18.4 Å². The summed E-state index contributed by atoms with van der Waals surface area (Å²) in [5.74, 6) is 0.651. The molecule has 0 aromatic heterocycles. The predicted octanol–water partition coefficient (Wildman–Crippen LogP) is 2.92. The van der Waals surface area contributed by atoms with Crippen molar-refractivity contribution in [3.63, 3.8) is 0 Å². The molecule has 1 N–H and O–H groups in total. The van der Waals surface area contributed by atoms with Crippen molar-refractivity contribution in [1.82, 2.24) is 0 Å². The summed E-state index contributed by atoms with van der Waals surface area (Å²) in [5.41, 5.74) is 1.41. The SMILES string of the molecule is COc1ccccc1CS/C=C(\C)C(=O)O. The summed E-state index contributed by atoms with van der Waals surface area (Å²) >= 11 is 1.45. The third-order valence-corrected chi connectivity index (χ3v) is 3.03. The monoisotopic (exact) mass is 238 g/mol. The van der Waals surface area contributed by atoms with Gasteiger partial charge in [0, 0.05) is 16.9 Å². The van der Waals surface area contributed by atoms with Crippen molar-refractivity contribution in [1.29, 1.82) is 0 Å². The predicted molar refractivity (Wildman–Crippen MR) is 65.7 cm³/mol. The third-order valence-electron chi connectivity index (χ3n) is 2.03. The molecule has 0 saturated heterocycles. The highest BCUT2D eigenvalue weighted by Gasteiger charge is 2.02. The molecule has 0 radical (unpaired) electrons. The second kappa shape index (κ2) is 6.23. The molecule has 1 rings (SSSR count). The molecule has 0 heterocycles. The summed E-state index contributed by atoms with van der Waals surface area (Å²) in [7, 11) is 1.63. The van der Waals surface area contributed by atoms with Crippen molar-refractivity contribution < 1.29 is 14.6 Å². The summed E-state index contributed by atoms with van der Waals surface area (Å²) in [6, 6.07) is 7.71. The lowest BCUT2D eigenvalue weighted by atomic mass is 10.2. The lowest BCUT2D eigenvalue weighted by Crippen LogP contribution is -1.95. The third kappa shape index (κ3) is 3.62. The lowest BCUT2D eigenvalue weighted by molar-refractivity contribution is -0.132. The first kappa shape index (κ1) is 12.6. The van der Waals surface area contributed by atoms with Crippen molar-refractivity contribution in [3.8, 4) is 5.75 Å². The number of rotatable bonds is 5. The summed E-state index contributed by atoms with van der Waals surface area (Å²) in [6.45, 7) is 1.58. The Kier molecular flexibility index (Phi) is 4.92. The first-order chi connectivity index (χ1) is 7.65. The van der Waals surface area contributed by atoms with Crippen LogP contribution in [0.25, 0.3) is 0 Å². The molecule has 1 aromatic carbocycles. The number of ether oxygens (including phenoxy) is 1. The first-order valence-corrected chi connectivity index (χ1v) is 5.83. The molecule has 0 amide bonds. The van der Waals surface area contributed by atoms with Crippen molar-refractivity contribution in [2.45, 2.75) is 12.7 Å². The van der Waals surface area contributed by atoms with Gasteiger partial charge < -0.3 is 9.84 Å². The zero-order chi connectivity index (χ0) is 12.0. The van der Waals surface area contributed by atoms with Gasteiger partial charge in [0.2, 0.25) is 0 Å². The Bertz CT molecular complexity index is 399. The van der Waals surface area contributed by atoms with Crippen LogP contribution in [0.2, 0.25) is 0 Å². The highest BCUT2D eigenvalue weighted by Crippen LogP contribution is 2.23. The second-order valence-electron chi connectivity index (χ2n) is 3.23. The van der Waals surface area contributed by atoms with E-state index in [-0.39, 0.29) is 0 Å². The van der Waals surface area contributed by atoms with Crippen molar-refractivity contribution in [3.05, 3.63) is 40.8 Å². The Hall–Kier alpha value is -1.42. The van der Waals surface area contributed by atoms with Crippen LogP contribution in [0.15, 0.2) is 35.2 Å². The maximum absolute atomic E-state index is 10.6. The Balaban J connectivity index is 2.61. The van der Waals surface area contributed by atoms with E-state index >= 15 is 0 Å². The largest absolute Gasteiger partial charge is 0.496 e. The maximum atomic E-state index is 10.6. The van der Waals surface area contributed by atoms with Gasteiger partial charge in [-0.25, -0.2) is 4.79 Å². The zero-order valence-corrected chi connectivity index (χ0v) is 10.1. The molecule has 0 unspecified atom stereocenters. The molecular formula is C12H14O3S. The molecule has 0 saturated carbocycles. The quantitative estimate of drug-likeness (QED) is 0.801. The minimum Gasteiger partial charge on any atom is -0.496 e. The van der Waals surface area contributed by atoms with Gasteiger partial charge in [-0.1, -0.05) is 18.2 Å². The molecule has 0 spiro atoms. The molecule has 4 heteroatoms. The number of carboxylic acids is 1. The second-order valence-corrected chi connectivity index (χ2v) is 4.09. The molecule has 0 bridgehead atoms. The van der Waals surface area contributed by atoms with Crippen molar-refractivity contribution >= 4 is 17.7 Å². The smallest absolute Gasteiger partial charge is 0.331 e. The Morgan fingerprint density at radius 1 is 1.50 bits per heavy atom. The lowest BCUT2D eigenvalue weighted by Gasteiger charge is -2.06. The van der Waals surface area contributed by atoms with E-state index in [0.717, 1.165) is 11.3 Å². The molecule has 16 heavy (non-hydrogen) atoms. The molecule has 3 nitrogen and oxygen atoms in total. The van der Waals surface area contributed by atoms with Crippen molar-refractivity contribution in [2.75, 3.05) is 7.11 Å². The van der Waals surface area contributed by atoms with Crippen LogP contribution in [0.4, 0.5) is 0 Å². The van der Waals surface area contributed by atoms with Gasteiger partial charge in [0.25, 0.3) is 0 Å². The number of carboxylic acid groups (broad SMARTS) is 1. The van der Waals surface area contributed by atoms with E-state index in [2.05, 4.69) is 0 Å². The van der Waals surface area contributed by atoms with Crippen LogP contribution in [-0.4, -0.2) is 18.2 Å². The topological polar surface area (TPSA) is 46.5 Å². The van der Waals surface area contributed by atoms with Gasteiger partial charge in [-0.15, -0.1) is 11.8 Å². The summed E-state index contributed by atoms with van der Waals surface area (Å²) in [5, 5.41) is 10.3. The molecule has 1 aromatic rings. The molecular weight excluding hydrogens is 224 g/mol. The highest BCUT2D eigenvalue weighted by atomic mass is 32.2. The summed E-state index contributed by atoms with van der Waals surface area (Å²) < 4.78 is 5.20. The molecule has 0 aliphatic carbocycles. The van der Waals surface area contributed by atoms with E-state index in [1.54, 1.807) is 19.4 Å². The Morgan fingerprint density at radius 2 is 2.19 bits per heavy atom. The van der Waals surface area contributed by atoms with E-state index in [4.69, 9.17) is 9.84 Å². The fraction of sp³-hybridized carbons (Fsp3) is 0.250. The van der Waals surface area contributed by atoms with Gasteiger partial charge in [-0.2, -0.15) is 0 Å². The van der Waals surface area contributed by atoms with Crippen LogP contribution in [0.3, 0.4) is 0 Å². The van der Waals surface area contributed by atoms with Crippen LogP contribution in [0.1, 0.15) is 12.5 Å². The number of benzene rings is 1. The van der Waals surface area contributed by atoms with Crippen LogP contribution in [0.5, 0.6) is 5.75 Å². The number of hydrogen-bond donors (Lipinski definition) is 1. The zero-order valence-electron chi connectivity index (χ0n) is 9.27. The Labute approximate surface area is 99.1 Å². The summed E-state index contributed by atoms with van der Waals surface area (Å²) in [4.78, 5) is 10.6. The molecule has 0 fully saturated rings.